The maximum atomic E-state index is 12.4. The molecule has 1 saturated heterocycles. The number of hydrogen-bond acceptors (Lipinski definition) is 4. The first-order valence-corrected chi connectivity index (χ1v) is 13.6. The molecule has 0 bridgehead atoms. The predicted molar refractivity (Wildman–Crippen MR) is 141 cm³/mol. The number of nitrogens with one attached hydrogen (secondary N) is 1. The van der Waals surface area contributed by atoms with Crippen molar-refractivity contribution in [3.8, 4) is 0 Å². The van der Waals surface area contributed by atoms with Gasteiger partial charge in [-0.25, -0.2) is 0 Å². The van der Waals surface area contributed by atoms with Gasteiger partial charge >= 0.3 is 0 Å². The van der Waals surface area contributed by atoms with Gasteiger partial charge in [0.25, 0.3) is 5.91 Å². The molecule has 3 aromatic rings. The van der Waals surface area contributed by atoms with E-state index in [1.165, 1.54) is 30.4 Å². The van der Waals surface area contributed by atoms with Crippen molar-refractivity contribution >= 4 is 29.3 Å². The lowest BCUT2D eigenvalue weighted by Gasteiger charge is -2.32. The highest BCUT2D eigenvalue weighted by Gasteiger charge is 2.19. The van der Waals surface area contributed by atoms with Gasteiger partial charge in [-0.1, -0.05) is 54.1 Å². The van der Waals surface area contributed by atoms with Crippen LogP contribution in [0.4, 0.5) is 0 Å². The zero-order valence-electron chi connectivity index (χ0n) is 19.5. The Kier molecular flexibility index (Phi) is 9.54. The van der Waals surface area contributed by atoms with E-state index in [0.29, 0.717) is 12.3 Å². The minimum Gasteiger partial charge on any atom is -0.455 e. The van der Waals surface area contributed by atoms with Crippen LogP contribution in [0.5, 0.6) is 0 Å². The fourth-order valence-corrected chi connectivity index (χ4v) is 5.51. The number of hydrogen-bond donors (Lipinski definition) is 1. The first kappa shape index (κ1) is 24.9. The third kappa shape index (κ3) is 7.93. The highest BCUT2D eigenvalue weighted by atomic mass is 35.5. The third-order valence-corrected chi connectivity index (χ3v) is 7.56. The van der Waals surface area contributed by atoms with Crippen molar-refractivity contribution in [3.63, 3.8) is 0 Å². The molecule has 0 saturated carbocycles. The summed E-state index contributed by atoms with van der Waals surface area (Å²) in [6.45, 7) is 4.00. The van der Waals surface area contributed by atoms with Gasteiger partial charge in [0, 0.05) is 17.3 Å². The zero-order chi connectivity index (χ0) is 23.6. The topological polar surface area (TPSA) is 45.5 Å². The average molecular weight is 497 g/mol. The molecule has 0 atom stereocenters. The summed E-state index contributed by atoms with van der Waals surface area (Å²) in [4.78, 5) is 14.9. The second-order valence-electron chi connectivity index (χ2n) is 8.97. The van der Waals surface area contributed by atoms with Crippen LogP contribution in [0.3, 0.4) is 0 Å². The molecule has 0 radical (unpaired) electrons. The van der Waals surface area contributed by atoms with Gasteiger partial charge in [-0.3, -0.25) is 4.79 Å². The van der Waals surface area contributed by atoms with Crippen LogP contribution in [-0.4, -0.2) is 37.0 Å². The second kappa shape index (κ2) is 13.0. The van der Waals surface area contributed by atoms with Gasteiger partial charge in [0.1, 0.15) is 5.76 Å². The number of carbonyl (C=O) groups is 1. The number of rotatable bonds is 11. The van der Waals surface area contributed by atoms with Crippen molar-refractivity contribution in [2.45, 2.75) is 37.2 Å². The molecular weight excluding hydrogens is 464 g/mol. The minimum atomic E-state index is -0.132. The standard InChI is InChI=1S/C28H33ClN2O2S/c29-25-9-4-8-24(19-25)20-34-21-26-10-11-27(33-26)28(32)30-14-5-15-31-16-12-23(13-17-31)18-22-6-2-1-3-7-22/h1-4,6-11,19,23H,5,12-18,20-21H2,(H,30,32). The number of piperidine rings is 1. The number of halogens is 1. The number of amides is 1. The van der Waals surface area contributed by atoms with E-state index in [1.54, 1.807) is 17.8 Å². The van der Waals surface area contributed by atoms with Crippen molar-refractivity contribution in [2.75, 3.05) is 26.2 Å². The normalized spacial score (nSPS) is 14.9. The SMILES string of the molecule is O=C(NCCCN1CCC(Cc2ccccc2)CC1)c1ccc(CSCc2cccc(Cl)c2)o1. The average Bonchev–Trinajstić information content (AvgIpc) is 3.33. The molecule has 0 unspecified atom stereocenters. The quantitative estimate of drug-likeness (QED) is 0.310. The van der Waals surface area contributed by atoms with Crippen LogP contribution in [0.15, 0.2) is 71.1 Å². The Hall–Kier alpha value is -2.21. The van der Waals surface area contributed by atoms with Gasteiger partial charge in [0.15, 0.2) is 5.76 Å². The maximum absolute atomic E-state index is 12.4. The molecule has 6 heteroatoms. The van der Waals surface area contributed by atoms with E-state index in [-0.39, 0.29) is 5.91 Å². The molecule has 2 aromatic carbocycles. The molecule has 1 aromatic heterocycles. The maximum Gasteiger partial charge on any atom is 0.286 e. The molecule has 34 heavy (non-hydrogen) atoms. The second-order valence-corrected chi connectivity index (χ2v) is 10.4. The van der Waals surface area contributed by atoms with Gasteiger partial charge in [0.05, 0.1) is 5.75 Å². The lowest BCUT2D eigenvalue weighted by Crippen LogP contribution is -2.36. The van der Waals surface area contributed by atoms with Crippen molar-refractivity contribution in [1.29, 1.82) is 0 Å². The summed E-state index contributed by atoms with van der Waals surface area (Å²) in [6, 6.07) is 22.3. The fraction of sp³-hybridized carbons (Fsp3) is 0.393. The summed E-state index contributed by atoms with van der Waals surface area (Å²) >= 11 is 7.77. The Morgan fingerprint density at radius 1 is 1.00 bits per heavy atom. The lowest BCUT2D eigenvalue weighted by molar-refractivity contribution is 0.0921. The van der Waals surface area contributed by atoms with Crippen LogP contribution < -0.4 is 5.32 Å². The highest BCUT2D eigenvalue weighted by molar-refractivity contribution is 7.97. The molecule has 1 aliphatic heterocycles. The number of furan rings is 1. The summed E-state index contributed by atoms with van der Waals surface area (Å²) in [5, 5.41) is 3.75. The van der Waals surface area contributed by atoms with E-state index in [9.17, 15) is 4.79 Å². The Morgan fingerprint density at radius 3 is 2.59 bits per heavy atom. The Balaban J connectivity index is 1.09. The molecule has 1 N–H and O–H groups in total. The van der Waals surface area contributed by atoms with Gasteiger partial charge < -0.3 is 14.6 Å². The zero-order valence-corrected chi connectivity index (χ0v) is 21.1. The summed E-state index contributed by atoms with van der Waals surface area (Å²) in [6.07, 6.45) is 4.66. The van der Waals surface area contributed by atoms with Gasteiger partial charge in [0.2, 0.25) is 0 Å². The lowest BCUT2D eigenvalue weighted by atomic mass is 9.90. The van der Waals surface area contributed by atoms with Crippen LogP contribution in [0.2, 0.25) is 5.02 Å². The highest BCUT2D eigenvalue weighted by Crippen LogP contribution is 2.22. The molecule has 4 rings (SSSR count). The van der Waals surface area contributed by atoms with E-state index in [4.69, 9.17) is 16.0 Å². The fourth-order valence-electron chi connectivity index (χ4n) is 4.43. The molecule has 0 aliphatic carbocycles. The first-order chi connectivity index (χ1) is 16.7. The molecule has 1 amide bonds. The third-order valence-electron chi connectivity index (χ3n) is 6.30. The van der Waals surface area contributed by atoms with Crippen molar-refractivity contribution < 1.29 is 9.21 Å². The van der Waals surface area contributed by atoms with E-state index < -0.39 is 0 Å². The van der Waals surface area contributed by atoms with E-state index >= 15 is 0 Å². The molecule has 1 fully saturated rings. The van der Waals surface area contributed by atoms with Crippen LogP contribution in [-0.2, 0) is 17.9 Å². The number of carbonyl (C=O) groups excluding carboxylic acids is 1. The van der Waals surface area contributed by atoms with Crippen molar-refractivity contribution in [3.05, 3.63) is 94.4 Å². The molecular formula is C28H33ClN2O2S. The van der Waals surface area contributed by atoms with E-state index in [1.807, 2.05) is 24.3 Å². The Labute approximate surface area is 212 Å². The summed E-state index contributed by atoms with van der Waals surface area (Å²) in [7, 11) is 0. The smallest absolute Gasteiger partial charge is 0.286 e. The van der Waals surface area contributed by atoms with Crippen molar-refractivity contribution in [1.82, 2.24) is 10.2 Å². The number of thioether (sulfide) groups is 1. The summed E-state index contributed by atoms with van der Waals surface area (Å²) in [5.74, 6) is 3.44. The minimum absolute atomic E-state index is 0.132. The van der Waals surface area contributed by atoms with Gasteiger partial charge in [-0.15, -0.1) is 11.8 Å². The predicted octanol–water partition coefficient (Wildman–Crippen LogP) is 6.44. The molecule has 180 valence electrons. The van der Waals surface area contributed by atoms with Gasteiger partial charge in [-0.05, 0) is 86.6 Å². The molecule has 2 heterocycles. The Bertz CT molecular complexity index is 1030. The van der Waals surface area contributed by atoms with Crippen molar-refractivity contribution in [2.24, 2.45) is 5.92 Å². The summed E-state index contributed by atoms with van der Waals surface area (Å²) < 4.78 is 5.75. The number of nitrogens with zero attached hydrogens (tertiary/aromatic N) is 1. The molecule has 4 nitrogen and oxygen atoms in total. The monoisotopic (exact) mass is 496 g/mol. The molecule has 1 aliphatic rings. The number of likely N-dealkylation sites (tertiary alicyclic amines) is 1. The van der Waals surface area contributed by atoms with E-state index in [2.05, 4.69) is 46.6 Å². The van der Waals surface area contributed by atoms with Gasteiger partial charge in [-0.2, -0.15) is 0 Å². The first-order valence-electron chi connectivity index (χ1n) is 12.1. The Morgan fingerprint density at radius 2 is 1.79 bits per heavy atom. The number of benzene rings is 2. The van der Waals surface area contributed by atoms with E-state index in [0.717, 1.165) is 54.3 Å². The summed E-state index contributed by atoms with van der Waals surface area (Å²) in [5.41, 5.74) is 2.63. The van der Waals surface area contributed by atoms with Crippen LogP contribution >= 0.6 is 23.4 Å². The van der Waals surface area contributed by atoms with Crippen LogP contribution in [0.25, 0.3) is 0 Å². The molecule has 0 spiro atoms. The van der Waals surface area contributed by atoms with Crippen LogP contribution in [0, 0.1) is 5.92 Å². The van der Waals surface area contributed by atoms with Crippen LogP contribution in [0.1, 0.15) is 46.7 Å². The largest absolute Gasteiger partial charge is 0.455 e.